The van der Waals surface area contributed by atoms with Crippen LogP contribution >= 0.6 is 0 Å². The van der Waals surface area contributed by atoms with Crippen LogP contribution in [-0.4, -0.2) is 35.7 Å². The standard InChI is InChI=1S/C21H26N4O5/c22-20(28)23-12-4-7-18(19(27)24-17-10-8-15(13-26)9-11-17)25-21(29)30-14-16-5-2-1-3-6-16/h1-3,5-6,8-11,18,26H,4,7,12-14H2,(H,24,27)(H,25,29)(H3,22,23,28)/t18-/m0/s1. The summed E-state index contributed by atoms with van der Waals surface area (Å²) in [6.45, 7) is 0.246. The van der Waals surface area contributed by atoms with Gasteiger partial charge >= 0.3 is 12.1 Å². The predicted octanol–water partition coefficient (Wildman–Crippen LogP) is 1.86. The molecule has 0 aliphatic heterocycles. The van der Waals surface area contributed by atoms with Crippen molar-refractivity contribution in [2.75, 3.05) is 11.9 Å². The number of hydrogen-bond donors (Lipinski definition) is 5. The monoisotopic (exact) mass is 414 g/mol. The van der Waals surface area contributed by atoms with Crippen LogP contribution in [0.25, 0.3) is 0 Å². The lowest BCUT2D eigenvalue weighted by Gasteiger charge is -2.18. The predicted molar refractivity (Wildman–Crippen MR) is 111 cm³/mol. The van der Waals surface area contributed by atoms with Gasteiger partial charge in [0, 0.05) is 12.2 Å². The van der Waals surface area contributed by atoms with Crippen LogP contribution < -0.4 is 21.7 Å². The zero-order valence-corrected chi connectivity index (χ0v) is 16.5. The van der Waals surface area contributed by atoms with Gasteiger partial charge < -0.3 is 31.5 Å². The van der Waals surface area contributed by atoms with Crippen molar-refractivity contribution in [1.29, 1.82) is 0 Å². The fourth-order valence-corrected chi connectivity index (χ4v) is 2.62. The van der Waals surface area contributed by atoms with E-state index in [0.717, 1.165) is 5.56 Å². The molecule has 9 nitrogen and oxygen atoms in total. The second-order valence-corrected chi connectivity index (χ2v) is 6.54. The maximum Gasteiger partial charge on any atom is 0.408 e. The van der Waals surface area contributed by atoms with Crippen molar-refractivity contribution in [2.45, 2.75) is 32.1 Å². The SMILES string of the molecule is NC(=O)NCCC[C@H](NC(=O)OCc1ccccc1)C(=O)Nc1ccc(CO)cc1. The molecule has 0 bridgehead atoms. The molecule has 0 fully saturated rings. The Labute approximate surface area is 174 Å². The highest BCUT2D eigenvalue weighted by Crippen LogP contribution is 2.11. The summed E-state index contributed by atoms with van der Waals surface area (Å²) in [5, 5.41) is 16.8. The van der Waals surface area contributed by atoms with Crippen LogP contribution in [0.15, 0.2) is 54.6 Å². The molecule has 160 valence electrons. The Balaban J connectivity index is 1.94. The fraction of sp³-hybridized carbons (Fsp3) is 0.286. The van der Waals surface area contributed by atoms with Crippen molar-refractivity contribution in [3.63, 3.8) is 0 Å². The largest absolute Gasteiger partial charge is 0.445 e. The number of anilines is 1. The van der Waals surface area contributed by atoms with Gasteiger partial charge in [-0.25, -0.2) is 9.59 Å². The van der Waals surface area contributed by atoms with Gasteiger partial charge in [0.15, 0.2) is 0 Å². The van der Waals surface area contributed by atoms with Gasteiger partial charge in [0.05, 0.1) is 6.61 Å². The van der Waals surface area contributed by atoms with Crippen molar-refractivity contribution in [3.05, 3.63) is 65.7 Å². The molecule has 0 aliphatic rings. The number of carbonyl (C=O) groups excluding carboxylic acids is 3. The highest BCUT2D eigenvalue weighted by atomic mass is 16.5. The summed E-state index contributed by atoms with van der Waals surface area (Å²) in [6.07, 6.45) is -0.0393. The van der Waals surface area contributed by atoms with Crippen molar-refractivity contribution < 1.29 is 24.2 Å². The third-order valence-electron chi connectivity index (χ3n) is 4.19. The summed E-state index contributed by atoms with van der Waals surface area (Å²) in [6, 6.07) is 14.3. The van der Waals surface area contributed by atoms with E-state index in [1.165, 1.54) is 0 Å². The average Bonchev–Trinajstić information content (AvgIpc) is 2.75. The third kappa shape index (κ3) is 8.19. The van der Waals surface area contributed by atoms with Gasteiger partial charge in [-0.2, -0.15) is 0 Å². The maximum atomic E-state index is 12.7. The topological polar surface area (TPSA) is 143 Å². The minimum absolute atomic E-state index is 0.0763. The zero-order valence-electron chi connectivity index (χ0n) is 16.5. The molecule has 2 aromatic carbocycles. The Kier molecular flexibility index (Phi) is 9.14. The van der Waals surface area contributed by atoms with E-state index in [9.17, 15) is 14.4 Å². The first-order valence-corrected chi connectivity index (χ1v) is 9.49. The minimum Gasteiger partial charge on any atom is -0.445 e. The van der Waals surface area contributed by atoms with E-state index < -0.39 is 24.1 Å². The van der Waals surface area contributed by atoms with Gasteiger partial charge in [-0.05, 0) is 36.1 Å². The zero-order chi connectivity index (χ0) is 21.8. The number of rotatable bonds is 10. The number of nitrogens with one attached hydrogen (secondary N) is 3. The molecule has 0 spiro atoms. The van der Waals surface area contributed by atoms with E-state index in [-0.39, 0.29) is 26.2 Å². The molecular formula is C21H26N4O5. The number of carbonyl (C=O) groups is 3. The van der Waals surface area contributed by atoms with Gasteiger partial charge in [-0.1, -0.05) is 42.5 Å². The molecule has 2 rings (SSSR count). The van der Waals surface area contributed by atoms with Crippen molar-refractivity contribution in [3.8, 4) is 0 Å². The molecule has 0 radical (unpaired) electrons. The Morgan fingerprint density at radius 3 is 2.33 bits per heavy atom. The van der Waals surface area contributed by atoms with E-state index in [4.69, 9.17) is 15.6 Å². The van der Waals surface area contributed by atoms with Gasteiger partial charge in [-0.15, -0.1) is 0 Å². The molecule has 6 N–H and O–H groups in total. The first-order valence-electron chi connectivity index (χ1n) is 9.49. The molecule has 0 unspecified atom stereocenters. The number of aliphatic hydroxyl groups is 1. The first kappa shape index (κ1) is 22.7. The second-order valence-electron chi connectivity index (χ2n) is 6.54. The van der Waals surface area contributed by atoms with Crippen LogP contribution in [0.2, 0.25) is 0 Å². The number of benzene rings is 2. The molecule has 2 aromatic rings. The molecule has 1 atom stereocenters. The first-order chi connectivity index (χ1) is 14.5. The molecule has 0 aromatic heterocycles. The molecule has 0 saturated carbocycles. The number of alkyl carbamates (subject to hydrolysis) is 1. The highest BCUT2D eigenvalue weighted by molar-refractivity contribution is 5.96. The Bertz CT molecular complexity index is 827. The normalized spacial score (nSPS) is 11.2. The lowest BCUT2D eigenvalue weighted by atomic mass is 10.1. The highest BCUT2D eigenvalue weighted by Gasteiger charge is 2.21. The third-order valence-corrected chi connectivity index (χ3v) is 4.19. The van der Waals surface area contributed by atoms with Gasteiger partial charge in [0.1, 0.15) is 12.6 Å². The van der Waals surface area contributed by atoms with Crippen LogP contribution in [0.1, 0.15) is 24.0 Å². The molecule has 30 heavy (non-hydrogen) atoms. The Morgan fingerprint density at radius 2 is 1.70 bits per heavy atom. The number of amides is 4. The van der Waals surface area contributed by atoms with Crippen molar-refractivity contribution in [1.82, 2.24) is 10.6 Å². The number of hydrogen-bond acceptors (Lipinski definition) is 5. The van der Waals surface area contributed by atoms with Gasteiger partial charge in [-0.3, -0.25) is 4.79 Å². The summed E-state index contributed by atoms with van der Waals surface area (Å²) in [5.74, 6) is -0.428. The lowest BCUT2D eigenvalue weighted by Crippen LogP contribution is -2.44. The molecule has 4 amide bonds. The number of nitrogens with two attached hydrogens (primary N) is 1. The number of ether oxygens (including phenoxy) is 1. The summed E-state index contributed by atoms with van der Waals surface area (Å²) in [5.41, 5.74) is 7.09. The van der Waals surface area contributed by atoms with Crippen molar-refractivity contribution in [2.24, 2.45) is 5.73 Å². The Morgan fingerprint density at radius 1 is 1.00 bits per heavy atom. The van der Waals surface area contributed by atoms with E-state index in [1.807, 2.05) is 30.3 Å². The number of urea groups is 1. The van der Waals surface area contributed by atoms with Crippen LogP contribution in [-0.2, 0) is 22.7 Å². The van der Waals surface area contributed by atoms with E-state index in [1.54, 1.807) is 24.3 Å². The second kappa shape index (κ2) is 12.1. The van der Waals surface area contributed by atoms with Crippen LogP contribution in [0.4, 0.5) is 15.3 Å². The van der Waals surface area contributed by atoms with E-state index >= 15 is 0 Å². The van der Waals surface area contributed by atoms with Crippen LogP contribution in [0, 0.1) is 0 Å². The maximum absolute atomic E-state index is 12.7. The van der Waals surface area contributed by atoms with E-state index in [2.05, 4.69) is 16.0 Å². The van der Waals surface area contributed by atoms with E-state index in [0.29, 0.717) is 17.7 Å². The van der Waals surface area contributed by atoms with Crippen molar-refractivity contribution >= 4 is 23.7 Å². The van der Waals surface area contributed by atoms with Gasteiger partial charge in [0.2, 0.25) is 5.91 Å². The van der Waals surface area contributed by atoms with Crippen LogP contribution in [0.3, 0.4) is 0 Å². The summed E-state index contributed by atoms with van der Waals surface area (Å²) >= 11 is 0. The summed E-state index contributed by atoms with van der Waals surface area (Å²) in [4.78, 5) is 35.6. The molecule has 9 heteroatoms. The lowest BCUT2D eigenvalue weighted by molar-refractivity contribution is -0.118. The minimum atomic E-state index is -0.875. The quantitative estimate of drug-likeness (QED) is 0.377. The average molecular weight is 414 g/mol. The van der Waals surface area contributed by atoms with Gasteiger partial charge in [0.25, 0.3) is 0 Å². The summed E-state index contributed by atoms with van der Waals surface area (Å²) < 4.78 is 5.19. The molecule has 0 saturated heterocycles. The van der Waals surface area contributed by atoms with Crippen LogP contribution in [0.5, 0.6) is 0 Å². The molecule has 0 aliphatic carbocycles. The Hall–Kier alpha value is -3.59. The molecular weight excluding hydrogens is 388 g/mol. The smallest absolute Gasteiger partial charge is 0.408 e. The number of aliphatic hydroxyl groups excluding tert-OH is 1. The number of primary amides is 1. The summed E-state index contributed by atoms with van der Waals surface area (Å²) in [7, 11) is 0. The molecule has 0 heterocycles. The fourth-order valence-electron chi connectivity index (χ4n) is 2.62.